The zero-order chi connectivity index (χ0) is 13.8. The van der Waals surface area contributed by atoms with Gasteiger partial charge in [0, 0.05) is 6.54 Å². The maximum absolute atomic E-state index is 12.4. The van der Waals surface area contributed by atoms with Crippen LogP contribution in [0.25, 0.3) is 0 Å². The van der Waals surface area contributed by atoms with E-state index in [0.29, 0.717) is 6.54 Å². The molecule has 0 radical (unpaired) electrons. The molecule has 0 aromatic carbocycles. The summed E-state index contributed by atoms with van der Waals surface area (Å²) in [7, 11) is 0. The summed E-state index contributed by atoms with van der Waals surface area (Å²) in [6.07, 6.45) is 2.52. The lowest BCUT2D eigenvalue weighted by atomic mass is 9.77. The van der Waals surface area contributed by atoms with Gasteiger partial charge in [0.15, 0.2) is 0 Å². The third-order valence-corrected chi connectivity index (χ3v) is 3.85. The first-order chi connectivity index (χ1) is 8.43. The average molecular weight is 256 g/mol. The second-order valence-corrected chi connectivity index (χ2v) is 5.45. The Labute approximate surface area is 108 Å². The van der Waals surface area contributed by atoms with Crippen molar-refractivity contribution in [3.63, 3.8) is 0 Å². The van der Waals surface area contributed by atoms with Gasteiger partial charge in [0.05, 0.1) is 5.41 Å². The summed E-state index contributed by atoms with van der Waals surface area (Å²) in [5.74, 6) is -1.21. The van der Waals surface area contributed by atoms with Gasteiger partial charge in [-0.1, -0.05) is 20.8 Å². The van der Waals surface area contributed by atoms with Crippen LogP contribution in [0.15, 0.2) is 0 Å². The Kier molecular flexibility index (Phi) is 5.14. The first-order valence-corrected chi connectivity index (χ1v) is 6.67. The molecule has 1 aliphatic heterocycles. The van der Waals surface area contributed by atoms with Gasteiger partial charge in [0.25, 0.3) is 0 Å². The zero-order valence-corrected chi connectivity index (χ0v) is 11.5. The highest BCUT2D eigenvalue weighted by Gasteiger charge is 2.39. The molecular weight excluding hydrogens is 232 g/mol. The molecule has 0 bridgehead atoms. The van der Waals surface area contributed by atoms with Crippen LogP contribution in [0.5, 0.6) is 0 Å². The molecule has 0 aliphatic carbocycles. The van der Waals surface area contributed by atoms with E-state index in [1.165, 1.54) is 0 Å². The Hall–Kier alpha value is -1.10. The number of piperidine rings is 1. The maximum Gasteiger partial charge on any atom is 0.326 e. The molecule has 3 N–H and O–H groups in total. The summed E-state index contributed by atoms with van der Waals surface area (Å²) < 4.78 is 0. The summed E-state index contributed by atoms with van der Waals surface area (Å²) in [4.78, 5) is 23.5. The van der Waals surface area contributed by atoms with E-state index in [1.807, 2.05) is 6.92 Å². The number of hydrogen-bond acceptors (Lipinski definition) is 3. The van der Waals surface area contributed by atoms with Gasteiger partial charge in [0.1, 0.15) is 6.04 Å². The molecule has 0 aromatic heterocycles. The van der Waals surface area contributed by atoms with Gasteiger partial charge in [0.2, 0.25) is 5.91 Å². The van der Waals surface area contributed by atoms with E-state index in [2.05, 4.69) is 10.6 Å². The SMILES string of the molecule is CCC1(C(=O)N[C@@H](C(=O)O)C(C)C)CCCNC1. The van der Waals surface area contributed by atoms with Crippen LogP contribution in [-0.2, 0) is 9.59 Å². The molecule has 0 aromatic rings. The number of carbonyl (C=O) groups excluding carboxylic acids is 1. The van der Waals surface area contributed by atoms with Crippen LogP contribution in [0.3, 0.4) is 0 Å². The third kappa shape index (κ3) is 3.22. The standard InChI is InChI=1S/C13H24N2O3/c1-4-13(6-5-7-14-8-13)12(18)15-10(9(2)3)11(16)17/h9-10,14H,4-8H2,1-3H3,(H,15,18)(H,16,17)/t10-,13?/m1/s1. The number of hydrogen-bond donors (Lipinski definition) is 3. The second kappa shape index (κ2) is 6.18. The third-order valence-electron chi connectivity index (χ3n) is 3.85. The lowest BCUT2D eigenvalue weighted by Crippen LogP contribution is -2.55. The van der Waals surface area contributed by atoms with Crippen molar-refractivity contribution in [1.29, 1.82) is 0 Å². The van der Waals surface area contributed by atoms with Gasteiger partial charge in [-0.25, -0.2) is 4.79 Å². The van der Waals surface area contributed by atoms with E-state index in [0.717, 1.165) is 25.8 Å². The fourth-order valence-corrected chi connectivity index (χ4v) is 2.43. The van der Waals surface area contributed by atoms with Crippen LogP contribution in [0, 0.1) is 11.3 Å². The molecule has 1 aliphatic rings. The monoisotopic (exact) mass is 256 g/mol. The van der Waals surface area contributed by atoms with Crippen molar-refractivity contribution in [3.05, 3.63) is 0 Å². The Bertz CT molecular complexity index is 309. The highest BCUT2D eigenvalue weighted by Crippen LogP contribution is 2.30. The molecule has 1 fully saturated rings. The van der Waals surface area contributed by atoms with E-state index < -0.39 is 17.4 Å². The number of nitrogens with one attached hydrogen (secondary N) is 2. The molecular formula is C13H24N2O3. The normalized spacial score (nSPS) is 25.8. The smallest absolute Gasteiger partial charge is 0.326 e. The van der Waals surface area contributed by atoms with Crippen molar-refractivity contribution in [2.75, 3.05) is 13.1 Å². The van der Waals surface area contributed by atoms with Crippen molar-refractivity contribution >= 4 is 11.9 Å². The fourth-order valence-electron chi connectivity index (χ4n) is 2.43. The van der Waals surface area contributed by atoms with E-state index in [-0.39, 0.29) is 11.8 Å². The molecule has 1 heterocycles. The van der Waals surface area contributed by atoms with E-state index in [1.54, 1.807) is 13.8 Å². The van der Waals surface area contributed by atoms with Gasteiger partial charge >= 0.3 is 5.97 Å². The minimum Gasteiger partial charge on any atom is -0.480 e. The van der Waals surface area contributed by atoms with Crippen LogP contribution < -0.4 is 10.6 Å². The molecule has 1 saturated heterocycles. The zero-order valence-electron chi connectivity index (χ0n) is 11.5. The Balaban J connectivity index is 2.75. The fraction of sp³-hybridized carbons (Fsp3) is 0.846. The number of amides is 1. The lowest BCUT2D eigenvalue weighted by Gasteiger charge is -2.36. The summed E-state index contributed by atoms with van der Waals surface area (Å²) >= 11 is 0. The predicted octanol–water partition coefficient (Wildman–Crippen LogP) is 0.992. The van der Waals surface area contributed by atoms with Crippen LogP contribution in [0.4, 0.5) is 0 Å². The van der Waals surface area contributed by atoms with Crippen molar-refractivity contribution in [2.24, 2.45) is 11.3 Å². The van der Waals surface area contributed by atoms with Gasteiger partial charge in [-0.15, -0.1) is 0 Å². The molecule has 5 nitrogen and oxygen atoms in total. The van der Waals surface area contributed by atoms with Crippen LogP contribution in [0.1, 0.15) is 40.0 Å². The van der Waals surface area contributed by atoms with Gasteiger partial charge in [-0.3, -0.25) is 4.79 Å². The molecule has 2 atom stereocenters. The number of rotatable bonds is 5. The van der Waals surface area contributed by atoms with Gasteiger partial charge in [-0.2, -0.15) is 0 Å². The van der Waals surface area contributed by atoms with E-state index >= 15 is 0 Å². The van der Waals surface area contributed by atoms with Crippen LogP contribution >= 0.6 is 0 Å². The molecule has 5 heteroatoms. The topological polar surface area (TPSA) is 78.4 Å². The van der Waals surface area contributed by atoms with Crippen molar-refractivity contribution in [3.8, 4) is 0 Å². The largest absolute Gasteiger partial charge is 0.480 e. The predicted molar refractivity (Wildman–Crippen MR) is 69.2 cm³/mol. The maximum atomic E-state index is 12.4. The van der Waals surface area contributed by atoms with Crippen LogP contribution in [0.2, 0.25) is 0 Å². The average Bonchev–Trinajstić information content (AvgIpc) is 2.35. The van der Waals surface area contributed by atoms with E-state index in [4.69, 9.17) is 5.11 Å². The number of carboxylic acid groups (broad SMARTS) is 1. The number of carbonyl (C=O) groups is 2. The first-order valence-electron chi connectivity index (χ1n) is 6.67. The van der Waals surface area contributed by atoms with Crippen molar-refractivity contribution in [2.45, 2.75) is 46.1 Å². The number of aliphatic carboxylic acids is 1. The second-order valence-electron chi connectivity index (χ2n) is 5.45. The summed E-state index contributed by atoms with van der Waals surface area (Å²) in [5.41, 5.74) is -0.444. The van der Waals surface area contributed by atoms with Gasteiger partial charge in [-0.05, 0) is 31.7 Å². The summed E-state index contributed by atoms with van der Waals surface area (Å²) in [5, 5.41) is 15.0. The quantitative estimate of drug-likeness (QED) is 0.685. The van der Waals surface area contributed by atoms with Crippen molar-refractivity contribution in [1.82, 2.24) is 10.6 Å². The summed E-state index contributed by atoms with van der Waals surface area (Å²) in [6.45, 7) is 7.16. The lowest BCUT2D eigenvalue weighted by molar-refractivity contribution is -0.145. The molecule has 18 heavy (non-hydrogen) atoms. The van der Waals surface area contributed by atoms with Crippen molar-refractivity contribution < 1.29 is 14.7 Å². The molecule has 0 spiro atoms. The van der Waals surface area contributed by atoms with E-state index in [9.17, 15) is 9.59 Å². The Morgan fingerprint density at radius 3 is 2.50 bits per heavy atom. The molecule has 0 saturated carbocycles. The highest BCUT2D eigenvalue weighted by atomic mass is 16.4. The summed E-state index contributed by atoms with van der Waals surface area (Å²) in [6, 6.07) is -0.803. The Morgan fingerprint density at radius 1 is 1.44 bits per heavy atom. The molecule has 1 unspecified atom stereocenters. The Morgan fingerprint density at radius 2 is 2.11 bits per heavy atom. The van der Waals surface area contributed by atoms with Crippen LogP contribution in [-0.4, -0.2) is 36.1 Å². The minimum absolute atomic E-state index is 0.114. The molecule has 1 amide bonds. The first kappa shape index (κ1) is 15.0. The number of carboxylic acids is 1. The molecule has 1 rings (SSSR count). The molecule has 104 valence electrons. The highest BCUT2D eigenvalue weighted by molar-refractivity contribution is 5.87. The minimum atomic E-state index is -0.964. The van der Waals surface area contributed by atoms with Gasteiger partial charge < -0.3 is 15.7 Å².